The molecule has 1 N–H and O–H groups in total. The Hall–Kier alpha value is -1.62. The summed E-state index contributed by atoms with van der Waals surface area (Å²) in [5, 5.41) is 3.37. The summed E-state index contributed by atoms with van der Waals surface area (Å²) in [6.07, 6.45) is 1.12. The molecule has 5 nitrogen and oxygen atoms in total. The predicted octanol–water partition coefficient (Wildman–Crippen LogP) is 1.51. The molecule has 1 aromatic carbocycles. The maximum absolute atomic E-state index is 5.49. The van der Waals surface area contributed by atoms with Crippen LogP contribution in [0, 0.1) is 0 Å². The van der Waals surface area contributed by atoms with Crippen LogP contribution >= 0.6 is 0 Å². The van der Waals surface area contributed by atoms with Gasteiger partial charge in [-0.3, -0.25) is 0 Å². The average molecular weight is 266 g/mol. The molecule has 0 aromatic heterocycles. The number of rotatable bonds is 5. The molecule has 1 unspecified atom stereocenters. The van der Waals surface area contributed by atoms with Crippen LogP contribution < -0.4 is 24.4 Å². The van der Waals surface area contributed by atoms with Crippen LogP contribution in [0.1, 0.15) is 6.42 Å². The van der Waals surface area contributed by atoms with Crippen molar-refractivity contribution in [3.05, 3.63) is 12.1 Å². The molecule has 1 aromatic rings. The van der Waals surface area contributed by atoms with E-state index < -0.39 is 0 Å². The monoisotopic (exact) mass is 266 g/mol. The molecule has 106 valence electrons. The first-order chi connectivity index (χ1) is 9.21. The third kappa shape index (κ3) is 2.71. The van der Waals surface area contributed by atoms with Crippen LogP contribution in [0.25, 0.3) is 0 Å². The van der Waals surface area contributed by atoms with Crippen molar-refractivity contribution >= 4 is 5.69 Å². The fraction of sp³-hybridized carbons (Fsp3) is 0.571. The Kier molecular flexibility index (Phi) is 4.37. The lowest BCUT2D eigenvalue weighted by atomic mass is 10.1. The van der Waals surface area contributed by atoms with Gasteiger partial charge in [0.25, 0.3) is 0 Å². The first-order valence-corrected chi connectivity index (χ1v) is 6.44. The second kappa shape index (κ2) is 6.02. The van der Waals surface area contributed by atoms with Gasteiger partial charge >= 0.3 is 0 Å². The lowest BCUT2D eigenvalue weighted by molar-refractivity contribution is 0.374. The van der Waals surface area contributed by atoms with E-state index in [-0.39, 0.29) is 0 Å². The molecule has 0 bridgehead atoms. The van der Waals surface area contributed by atoms with E-state index in [1.165, 1.54) is 0 Å². The molecule has 0 radical (unpaired) electrons. The third-order valence-electron chi connectivity index (χ3n) is 3.62. The van der Waals surface area contributed by atoms with E-state index in [1.54, 1.807) is 21.3 Å². The molecule has 1 aliphatic heterocycles. The Morgan fingerprint density at radius 2 is 1.74 bits per heavy atom. The normalized spacial score (nSPS) is 18.2. The second-order valence-electron chi connectivity index (χ2n) is 4.64. The maximum atomic E-state index is 5.49. The fourth-order valence-electron chi connectivity index (χ4n) is 2.49. The van der Waals surface area contributed by atoms with Gasteiger partial charge in [-0.15, -0.1) is 0 Å². The zero-order valence-corrected chi connectivity index (χ0v) is 12.0. The van der Waals surface area contributed by atoms with Crippen LogP contribution in [0.3, 0.4) is 0 Å². The van der Waals surface area contributed by atoms with Crippen molar-refractivity contribution in [3.8, 4) is 17.2 Å². The van der Waals surface area contributed by atoms with E-state index in [0.717, 1.165) is 42.4 Å². The number of hydrogen-bond donors (Lipinski definition) is 1. The SMILES string of the molecule is COc1cc(OC)c(N(C)C2CCNC2)c(OC)c1. The van der Waals surface area contributed by atoms with Gasteiger partial charge < -0.3 is 24.4 Å². The van der Waals surface area contributed by atoms with Gasteiger partial charge in [0.05, 0.1) is 21.3 Å². The zero-order chi connectivity index (χ0) is 13.8. The lowest BCUT2D eigenvalue weighted by Crippen LogP contribution is -2.33. The quantitative estimate of drug-likeness (QED) is 0.875. The number of methoxy groups -OCH3 is 3. The highest BCUT2D eigenvalue weighted by Crippen LogP contribution is 2.42. The minimum Gasteiger partial charge on any atom is -0.496 e. The molecule has 1 atom stereocenters. The number of nitrogens with one attached hydrogen (secondary N) is 1. The average Bonchev–Trinajstić information content (AvgIpc) is 2.99. The molecule has 1 fully saturated rings. The molecule has 2 rings (SSSR count). The number of hydrogen-bond acceptors (Lipinski definition) is 5. The van der Waals surface area contributed by atoms with Gasteiger partial charge in [-0.05, 0) is 13.0 Å². The first-order valence-electron chi connectivity index (χ1n) is 6.44. The Balaban J connectivity index is 2.40. The standard InChI is InChI=1S/C14H22N2O3/c1-16(10-5-6-15-9-10)14-12(18-3)7-11(17-2)8-13(14)19-4/h7-8,10,15H,5-6,9H2,1-4H3. The summed E-state index contributed by atoms with van der Waals surface area (Å²) in [5.74, 6) is 2.27. The van der Waals surface area contributed by atoms with Crippen molar-refractivity contribution in [3.63, 3.8) is 0 Å². The Bertz CT molecular complexity index is 406. The molecule has 0 saturated carbocycles. The summed E-state index contributed by atoms with van der Waals surface area (Å²) >= 11 is 0. The summed E-state index contributed by atoms with van der Waals surface area (Å²) in [6.45, 7) is 2.03. The molecule has 0 spiro atoms. The van der Waals surface area contributed by atoms with E-state index in [2.05, 4.69) is 17.3 Å². The topological polar surface area (TPSA) is 43.0 Å². The van der Waals surface area contributed by atoms with Crippen LogP contribution in [0.4, 0.5) is 5.69 Å². The lowest BCUT2D eigenvalue weighted by Gasteiger charge is -2.29. The van der Waals surface area contributed by atoms with Gasteiger partial charge in [-0.25, -0.2) is 0 Å². The van der Waals surface area contributed by atoms with Crippen molar-refractivity contribution in [2.75, 3.05) is 46.4 Å². The highest BCUT2D eigenvalue weighted by molar-refractivity contribution is 5.70. The van der Waals surface area contributed by atoms with Gasteiger partial charge in [0, 0.05) is 31.8 Å². The van der Waals surface area contributed by atoms with E-state index >= 15 is 0 Å². The van der Waals surface area contributed by atoms with E-state index in [4.69, 9.17) is 14.2 Å². The molecule has 19 heavy (non-hydrogen) atoms. The van der Waals surface area contributed by atoms with Gasteiger partial charge in [0.1, 0.15) is 22.9 Å². The van der Waals surface area contributed by atoms with Crippen molar-refractivity contribution < 1.29 is 14.2 Å². The largest absolute Gasteiger partial charge is 0.496 e. The molecule has 5 heteroatoms. The first kappa shape index (κ1) is 13.8. The van der Waals surface area contributed by atoms with Gasteiger partial charge in [0.15, 0.2) is 0 Å². The Morgan fingerprint density at radius 1 is 1.11 bits per heavy atom. The molecule has 1 saturated heterocycles. The number of anilines is 1. The maximum Gasteiger partial charge on any atom is 0.149 e. The van der Waals surface area contributed by atoms with Crippen LogP contribution in [0.5, 0.6) is 17.2 Å². The highest BCUT2D eigenvalue weighted by atomic mass is 16.5. The number of benzene rings is 1. The van der Waals surface area contributed by atoms with Crippen molar-refractivity contribution in [1.29, 1.82) is 0 Å². The van der Waals surface area contributed by atoms with E-state index in [9.17, 15) is 0 Å². The predicted molar refractivity (Wildman–Crippen MR) is 75.8 cm³/mol. The summed E-state index contributed by atoms with van der Waals surface area (Å²) < 4.78 is 16.2. The fourth-order valence-corrected chi connectivity index (χ4v) is 2.49. The molecule has 1 heterocycles. The van der Waals surface area contributed by atoms with Gasteiger partial charge in [-0.2, -0.15) is 0 Å². The minimum atomic E-state index is 0.455. The van der Waals surface area contributed by atoms with E-state index in [0.29, 0.717) is 6.04 Å². The molecular weight excluding hydrogens is 244 g/mol. The number of ether oxygens (including phenoxy) is 3. The van der Waals surface area contributed by atoms with Crippen molar-refractivity contribution in [1.82, 2.24) is 5.32 Å². The Labute approximate surface area is 114 Å². The van der Waals surface area contributed by atoms with Crippen LogP contribution in [0.15, 0.2) is 12.1 Å². The zero-order valence-electron chi connectivity index (χ0n) is 12.0. The molecular formula is C14H22N2O3. The van der Waals surface area contributed by atoms with Crippen molar-refractivity contribution in [2.45, 2.75) is 12.5 Å². The van der Waals surface area contributed by atoms with E-state index in [1.807, 2.05) is 12.1 Å². The second-order valence-corrected chi connectivity index (χ2v) is 4.64. The van der Waals surface area contributed by atoms with Crippen LogP contribution in [-0.2, 0) is 0 Å². The summed E-state index contributed by atoms with van der Waals surface area (Å²) in [6, 6.07) is 4.23. The summed E-state index contributed by atoms with van der Waals surface area (Å²) in [4.78, 5) is 2.22. The third-order valence-corrected chi connectivity index (χ3v) is 3.62. The Morgan fingerprint density at radius 3 is 2.16 bits per heavy atom. The molecule has 1 aliphatic rings. The minimum absolute atomic E-state index is 0.455. The summed E-state index contributed by atoms with van der Waals surface area (Å²) in [7, 11) is 7.04. The summed E-state index contributed by atoms with van der Waals surface area (Å²) in [5.41, 5.74) is 0.972. The molecule has 0 aliphatic carbocycles. The van der Waals surface area contributed by atoms with Gasteiger partial charge in [0.2, 0.25) is 0 Å². The van der Waals surface area contributed by atoms with Crippen LogP contribution in [0.2, 0.25) is 0 Å². The van der Waals surface area contributed by atoms with Crippen molar-refractivity contribution in [2.24, 2.45) is 0 Å². The highest BCUT2D eigenvalue weighted by Gasteiger charge is 2.25. The number of nitrogens with zero attached hydrogens (tertiary/aromatic N) is 1. The van der Waals surface area contributed by atoms with Gasteiger partial charge in [-0.1, -0.05) is 0 Å². The number of likely N-dealkylation sites (N-methyl/N-ethyl adjacent to an activating group) is 1. The smallest absolute Gasteiger partial charge is 0.149 e. The van der Waals surface area contributed by atoms with Crippen LogP contribution in [-0.4, -0.2) is 47.5 Å². The molecule has 0 amide bonds.